The van der Waals surface area contributed by atoms with Crippen LogP contribution in [-0.4, -0.2) is 55.0 Å². The molecule has 0 saturated carbocycles. The molecule has 2 fully saturated rings. The number of carbonyl (C=O) groups is 1. The highest BCUT2D eigenvalue weighted by atomic mass is 32.1. The summed E-state index contributed by atoms with van der Waals surface area (Å²) in [6.07, 6.45) is 3.15. The first-order valence-electron chi connectivity index (χ1n) is 8.03. The van der Waals surface area contributed by atoms with Crippen molar-refractivity contribution in [3.05, 3.63) is 22.4 Å². The van der Waals surface area contributed by atoms with Gasteiger partial charge < -0.3 is 10.2 Å². The summed E-state index contributed by atoms with van der Waals surface area (Å²) in [5.41, 5.74) is 1.40. The van der Waals surface area contributed by atoms with Crippen molar-refractivity contribution in [2.75, 3.05) is 39.3 Å². The number of carbonyl (C=O) groups excluding carboxylic acids is 1. The largest absolute Gasteiger partial charge is 0.340 e. The zero-order valence-corrected chi connectivity index (χ0v) is 13.4. The molecule has 2 aliphatic rings. The van der Waals surface area contributed by atoms with E-state index in [9.17, 15) is 4.79 Å². The van der Waals surface area contributed by atoms with Crippen molar-refractivity contribution in [1.29, 1.82) is 0 Å². The highest BCUT2D eigenvalue weighted by molar-refractivity contribution is 7.07. The molecule has 0 bridgehead atoms. The summed E-state index contributed by atoms with van der Waals surface area (Å²) in [4.78, 5) is 16.9. The first-order chi connectivity index (χ1) is 10.3. The summed E-state index contributed by atoms with van der Waals surface area (Å²) in [6.45, 7) is 6.95. The summed E-state index contributed by atoms with van der Waals surface area (Å²) in [5, 5.41) is 7.75. The Morgan fingerprint density at radius 3 is 2.86 bits per heavy atom. The van der Waals surface area contributed by atoms with Crippen molar-refractivity contribution in [3.63, 3.8) is 0 Å². The molecule has 3 heterocycles. The fraction of sp³-hybridized carbons (Fsp3) is 0.688. The van der Waals surface area contributed by atoms with Crippen molar-refractivity contribution in [2.45, 2.75) is 25.8 Å². The van der Waals surface area contributed by atoms with Gasteiger partial charge in [0, 0.05) is 39.1 Å². The summed E-state index contributed by atoms with van der Waals surface area (Å²) in [7, 11) is 0. The normalized spacial score (nSPS) is 24.2. The lowest BCUT2D eigenvalue weighted by molar-refractivity contribution is -0.134. The van der Waals surface area contributed by atoms with Gasteiger partial charge in [0.25, 0.3) is 0 Å². The van der Waals surface area contributed by atoms with Crippen molar-refractivity contribution >= 4 is 17.2 Å². The summed E-state index contributed by atoms with van der Waals surface area (Å²) >= 11 is 1.76. The molecule has 3 rings (SSSR count). The molecule has 0 aliphatic carbocycles. The van der Waals surface area contributed by atoms with Crippen LogP contribution in [0, 0.1) is 5.92 Å². The number of nitrogens with one attached hydrogen (secondary N) is 1. The molecule has 1 atom stereocenters. The predicted molar refractivity (Wildman–Crippen MR) is 86.4 cm³/mol. The molecule has 21 heavy (non-hydrogen) atoms. The highest BCUT2D eigenvalue weighted by Gasteiger charge is 2.24. The Morgan fingerprint density at radius 2 is 2.19 bits per heavy atom. The van der Waals surface area contributed by atoms with Gasteiger partial charge in [0.15, 0.2) is 0 Å². The molecular weight excluding hydrogens is 282 g/mol. The molecule has 0 radical (unpaired) electrons. The minimum Gasteiger partial charge on any atom is -0.340 e. The number of hydrogen-bond acceptors (Lipinski definition) is 4. The topological polar surface area (TPSA) is 35.6 Å². The minimum atomic E-state index is 0.360. The Labute approximate surface area is 131 Å². The number of hydrogen-bond donors (Lipinski definition) is 1. The maximum absolute atomic E-state index is 12.4. The van der Waals surface area contributed by atoms with Gasteiger partial charge in [0.05, 0.1) is 0 Å². The van der Waals surface area contributed by atoms with E-state index in [4.69, 9.17) is 0 Å². The fourth-order valence-electron chi connectivity index (χ4n) is 3.27. The van der Waals surface area contributed by atoms with Crippen LogP contribution in [0.4, 0.5) is 0 Å². The molecule has 0 spiro atoms. The Morgan fingerprint density at radius 1 is 1.33 bits per heavy atom. The average Bonchev–Trinajstić information content (AvgIpc) is 3.02. The van der Waals surface area contributed by atoms with Gasteiger partial charge in [-0.15, -0.1) is 0 Å². The van der Waals surface area contributed by atoms with Gasteiger partial charge in [-0.1, -0.05) is 0 Å². The molecular formula is C16H25N3OS. The number of amides is 1. The molecule has 1 aromatic rings. The predicted octanol–water partition coefficient (Wildman–Crippen LogP) is 1.78. The second kappa shape index (κ2) is 7.38. The first-order valence-corrected chi connectivity index (χ1v) is 8.97. The van der Waals surface area contributed by atoms with Gasteiger partial charge in [-0.2, -0.15) is 11.3 Å². The first kappa shape index (κ1) is 15.0. The molecule has 5 heteroatoms. The van der Waals surface area contributed by atoms with Gasteiger partial charge in [-0.25, -0.2) is 0 Å². The van der Waals surface area contributed by atoms with E-state index >= 15 is 0 Å². The molecule has 1 unspecified atom stereocenters. The molecule has 0 aromatic carbocycles. The van der Waals surface area contributed by atoms with Gasteiger partial charge in [-0.3, -0.25) is 9.69 Å². The van der Waals surface area contributed by atoms with Crippen LogP contribution in [-0.2, 0) is 11.3 Å². The van der Waals surface area contributed by atoms with Gasteiger partial charge in [-0.05, 0) is 54.2 Å². The number of nitrogens with zero attached hydrogens (tertiary/aromatic N) is 2. The smallest absolute Gasteiger partial charge is 0.222 e. The van der Waals surface area contributed by atoms with Crippen LogP contribution in [0.3, 0.4) is 0 Å². The lowest BCUT2D eigenvalue weighted by atomic mass is 9.95. The number of piperidine rings is 1. The zero-order valence-electron chi connectivity index (χ0n) is 12.6. The molecule has 4 nitrogen and oxygen atoms in total. The average molecular weight is 307 g/mol. The Kier molecular flexibility index (Phi) is 5.27. The van der Waals surface area contributed by atoms with E-state index in [1.54, 1.807) is 11.3 Å². The SMILES string of the molecule is O=C(CC1CCCNC1)N1CCN(Cc2ccsc2)CC1. The third-order valence-corrected chi connectivity index (χ3v) is 5.31. The van der Waals surface area contributed by atoms with E-state index in [1.807, 2.05) is 0 Å². The van der Waals surface area contributed by atoms with Crippen molar-refractivity contribution in [2.24, 2.45) is 5.92 Å². The molecule has 116 valence electrons. The number of piperazine rings is 1. The van der Waals surface area contributed by atoms with Gasteiger partial charge in [0.2, 0.25) is 5.91 Å². The lowest BCUT2D eigenvalue weighted by Crippen LogP contribution is -2.49. The van der Waals surface area contributed by atoms with Crippen molar-refractivity contribution in [3.8, 4) is 0 Å². The molecule has 1 amide bonds. The lowest BCUT2D eigenvalue weighted by Gasteiger charge is -2.35. The Balaban J connectivity index is 1.41. The van der Waals surface area contributed by atoms with Crippen LogP contribution in [0.5, 0.6) is 0 Å². The second-order valence-electron chi connectivity index (χ2n) is 6.21. The second-order valence-corrected chi connectivity index (χ2v) is 6.99. The fourth-order valence-corrected chi connectivity index (χ4v) is 3.93. The number of thiophene rings is 1. The van der Waals surface area contributed by atoms with Crippen LogP contribution in [0.1, 0.15) is 24.8 Å². The van der Waals surface area contributed by atoms with E-state index in [0.29, 0.717) is 11.8 Å². The summed E-state index contributed by atoms with van der Waals surface area (Å²) < 4.78 is 0. The third kappa shape index (κ3) is 4.28. The van der Waals surface area contributed by atoms with Crippen molar-refractivity contribution in [1.82, 2.24) is 15.1 Å². The van der Waals surface area contributed by atoms with Gasteiger partial charge in [0.1, 0.15) is 0 Å². The standard InChI is InChI=1S/C16H25N3OS/c20-16(10-14-2-1-4-17-11-14)19-7-5-18(6-8-19)12-15-3-9-21-13-15/h3,9,13-14,17H,1-2,4-8,10-12H2. The monoisotopic (exact) mass is 307 g/mol. The maximum atomic E-state index is 12.4. The van der Waals surface area contributed by atoms with Crippen LogP contribution in [0.15, 0.2) is 16.8 Å². The van der Waals surface area contributed by atoms with Gasteiger partial charge >= 0.3 is 0 Å². The quantitative estimate of drug-likeness (QED) is 0.921. The third-order valence-electron chi connectivity index (χ3n) is 4.57. The van der Waals surface area contributed by atoms with Crippen molar-refractivity contribution < 1.29 is 4.79 Å². The van der Waals surface area contributed by atoms with E-state index in [0.717, 1.165) is 52.2 Å². The molecule has 1 N–H and O–H groups in total. The van der Waals surface area contributed by atoms with Crippen LogP contribution in [0.2, 0.25) is 0 Å². The Hall–Kier alpha value is -0.910. The van der Waals surface area contributed by atoms with E-state index in [1.165, 1.54) is 18.4 Å². The van der Waals surface area contributed by atoms with E-state index in [-0.39, 0.29) is 0 Å². The zero-order chi connectivity index (χ0) is 14.5. The summed E-state index contributed by atoms with van der Waals surface area (Å²) in [5.74, 6) is 0.911. The molecule has 2 aliphatic heterocycles. The van der Waals surface area contributed by atoms with E-state index in [2.05, 4.69) is 31.9 Å². The van der Waals surface area contributed by atoms with E-state index < -0.39 is 0 Å². The molecule has 2 saturated heterocycles. The molecule has 1 aromatic heterocycles. The summed E-state index contributed by atoms with van der Waals surface area (Å²) in [6, 6.07) is 2.19. The van der Waals surface area contributed by atoms with Crippen LogP contribution >= 0.6 is 11.3 Å². The van der Waals surface area contributed by atoms with Crippen LogP contribution in [0.25, 0.3) is 0 Å². The van der Waals surface area contributed by atoms with Crippen LogP contribution < -0.4 is 5.32 Å². The minimum absolute atomic E-state index is 0.360. The highest BCUT2D eigenvalue weighted by Crippen LogP contribution is 2.17. The maximum Gasteiger partial charge on any atom is 0.222 e. The Bertz CT molecular complexity index is 434. The number of rotatable bonds is 4.